The van der Waals surface area contributed by atoms with Crippen LogP contribution in [0.3, 0.4) is 0 Å². The fraction of sp³-hybridized carbons (Fsp3) is 0.125. The van der Waals surface area contributed by atoms with E-state index in [1.807, 2.05) is 0 Å². The third kappa shape index (κ3) is 2.52. The van der Waals surface area contributed by atoms with Crippen molar-refractivity contribution in [2.75, 3.05) is 12.8 Å². The van der Waals surface area contributed by atoms with Crippen LogP contribution >= 0.6 is 0 Å². The molecule has 0 saturated carbocycles. The summed E-state index contributed by atoms with van der Waals surface area (Å²) in [5.74, 6) is -0.400. The van der Waals surface area contributed by atoms with Gasteiger partial charge in [-0.25, -0.2) is 4.79 Å². The van der Waals surface area contributed by atoms with Crippen molar-refractivity contribution in [3.63, 3.8) is 0 Å². The van der Waals surface area contributed by atoms with Gasteiger partial charge in [-0.2, -0.15) is 0 Å². The molecule has 1 aromatic rings. The Morgan fingerprint density at radius 2 is 2.00 bits per heavy atom. The quantitative estimate of drug-likeness (QED) is 0.382. The molecule has 4 heteroatoms. The summed E-state index contributed by atoms with van der Waals surface area (Å²) in [6, 6.07) is 6.79. The maximum atomic E-state index is 10.9. The van der Waals surface area contributed by atoms with Crippen molar-refractivity contribution in [3.05, 3.63) is 29.8 Å². The summed E-state index contributed by atoms with van der Waals surface area (Å²) in [6.07, 6.45) is 0. The summed E-state index contributed by atoms with van der Waals surface area (Å²) in [5.41, 5.74) is 6.35. The zero-order valence-corrected chi connectivity index (χ0v) is 6.20. The first-order valence-electron chi connectivity index (χ1n) is 3.18. The molecule has 60 valence electrons. The topological polar surface area (TPSA) is 52.3 Å². The second-order valence-electron chi connectivity index (χ2n) is 2.08. The van der Waals surface area contributed by atoms with Gasteiger partial charge in [-0.1, -0.05) is 12.1 Å². The van der Waals surface area contributed by atoms with Gasteiger partial charge >= 0.3 is 35.5 Å². The van der Waals surface area contributed by atoms with Gasteiger partial charge in [0.25, 0.3) is 0 Å². The van der Waals surface area contributed by atoms with Gasteiger partial charge in [0.15, 0.2) is 0 Å². The van der Waals surface area contributed by atoms with Gasteiger partial charge in [-0.05, 0) is 12.1 Å². The van der Waals surface area contributed by atoms with Crippen LogP contribution in [-0.4, -0.2) is 42.6 Å². The van der Waals surface area contributed by atoms with Gasteiger partial charge in [-0.15, -0.1) is 0 Å². The number of ether oxygens (including phenoxy) is 1. The zero-order valence-electron chi connectivity index (χ0n) is 6.20. The number of rotatable bonds is 1. The minimum absolute atomic E-state index is 0. The van der Waals surface area contributed by atoms with E-state index >= 15 is 0 Å². The van der Waals surface area contributed by atoms with Crippen LogP contribution in [0.2, 0.25) is 0 Å². The molecule has 0 amide bonds. The summed E-state index contributed by atoms with van der Waals surface area (Å²) in [6.45, 7) is 0. The van der Waals surface area contributed by atoms with E-state index in [1.165, 1.54) is 7.11 Å². The molecule has 0 aliphatic rings. The van der Waals surface area contributed by atoms with Crippen LogP contribution in [-0.2, 0) is 4.74 Å². The molecule has 0 heterocycles. The van der Waals surface area contributed by atoms with Crippen molar-refractivity contribution in [2.24, 2.45) is 0 Å². The summed E-state index contributed by atoms with van der Waals surface area (Å²) in [4.78, 5) is 10.9. The molecule has 0 aliphatic carbocycles. The van der Waals surface area contributed by atoms with Crippen LogP contribution in [0.15, 0.2) is 24.3 Å². The Balaban J connectivity index is 0.00000121. The van der Waals surface area contributed by atoms with Crippen LogP contribution in [0, 0.1) is 0 Å². The van der Waals surface area contributed by atoms with Crippen LogP contribution in [0.5, 0.6) is 0 Å². The molecule has 0 bridgehead atoms. The first kappa shape index (κ1) is 11.5. The second-order valence-corrected chi connectivity index (χ2v) is 2.08. The van der Waals surface area contributed by atoms with Crippen LogP contribution in [0.25, 0.3) is 0 Å². The molecule has 12 heavy (non-hydrogen) atoms. The predicted molar refractivity (Wildman–Crippen MR) is 49.3 cm³/mol. The van der Waals surface area contributed by atoms with Crippen molar-refractivity contribution in [3.8, 4) is 0 Å². The maximum absolute atomic E-state index is 10.9. The van der Waals surface area contributed by atoms with Crippen molar-refractivity contribution >= 4 is 41.2 Å². The van der Waals surface area contributed by atoms with E-state index in [1.54, 1.807) is 24.3 Å². The molecule has 1 aromatic carbocycles. The van der Waals surface area contributed by atoms with Crippen molar-refractivity contribution in [1.82, 2.24) is 0 Å². The average molecular weight is 175 g/mol. The zero-order chi connectivity index (χ0) is 8.27. The number of hydrogen-bond acceptors (Lipinski definition) is 3. The SMILES string of the molecule is COC(=O)c1ccccc1N.[NaH]. The third-order valence-electron chi connectivity index (χ3n) is 1.37. The van der Waals surface area contributed by atoms with Crippen LogP contribution < -0.4 is 5.73 Å². The van der Waals surface area contributed by atoms with Crippen molar-refractivity contribution in [1.29, 1.82) is 0 Å². The number of methoxy groups -OCH3 is 1. The number of hydrogen-bond donors (Lipinski definition) is 1. The average Bonchev–Trinajstić information content (AvgIpc) is 2.04. The Kier molecular flexibility index (Phi) is 4.97. The molecule has 0 aromatic heterocycles. The molecule has 0 unspecified atom stereocenters. The van der Waals surface area contributed by atoms with Gasteiger partial charge in [0, 0.05) is 5.69 Å². The van der Waals surface area contributed by atoms with Crippen molar-refractivity contribution < 1.29 is 9.53 Å². The van der Waals surface area contributed by atoms with Crippen molar-refractivity contribution in [2.45, 2.75) is 0 Å². The molecular weight excluding hydrogens is 165 g/mol. The Labute approximate surface area is 93.2 Å². The first-order valence-corrected chi connectivity index (χ1v) is 3.18. The second kappa shape index (κ2) is 5.19. The summed E-state index contributed by atoms with van der Waals surface area (Å²) in [7, 11) is 1.33. The molecule has 3 nitrogen and oxygen atoms in total. The molecule has 0 spiro atoms. The van der Waals surface area contributed by atoms with E-state index in [2.05, 4.69) is 4.74 Å². The minimum atomic E-state index is -0.400. The van der Waals surface area contributed by atoms with E-state index in [0.29, 0.717) is 11.3 Å². The summed E-state index contributed by atoms with van der Waals surface area (Å²) < 4.78 is 4.50. The number of benzene rings is 1. The number of para-hydroxylation sites is 1. The van der Waals surface area contributed by atoms with Gasteiger partial charge in [-0.3, -0.25) is 0 Å². The molecule has 0 atom stereocenters. The third-order valence-corrected chi connectivity index (χ3v) is 1.37. The van der Waals surface area contributed by atoms with Gasteiger partial charge in [0.1, 0.15) is 0 Å². The Bertz CT molecular complexity index is 276. The molecule has 1 rings (SSSR count). The Hall–Kier alpha value is -0.510. The molecule has 0 fully saturated rings. The van der Waals surface area contributed by atoms with Crippen LogP contribution in [0.1, 0.15) is 10.4 Å². The fourth-order valence-corrected chi connectivity index (χ4v) is 0.793. The number of nitrogen functional groups attached to an aromatic ring is 1. The van der Waals surface area contributed by atoms with E-state index in [-0.39, 0.29) is 29.6 Å². The van der Waals surface area contributed by atoms with Gasteiger partial charge < -0.3 is 10.5 Å². The normalized spacial score (nSPS) is 8.42. The number of nitrogens with two attached hydrogens (primary N) is 1. The number of carbonyl (C=O) groups excluding carboxylic acids is 1. The Morgan fingerprint density at radius 3 is 2.50 bits per heavy atom. The van der Waals surface area contributed by atoms with E-state index < -0.39 is 5.97 Å². The van der Waals surface area contributed by atoms with E-state index in [9.17, 15) is 4.79 Å². The molecular formula is C8H10NNaO2. The molecule has 0 aliphatic heterocycles. The van der Waals surface area contributed by atoms with Gasteiger partial charge in [0.2, 0.25) is 0 Å². The predicted octanol–water partition coefficient (Wildman–Crippen LogP) is 0.407. The summed E-state index contributed by atoms with van der Waals surface area (Å²) in [5, 5.41) is 0. The number of carbonyl (C=O) groups is 1. The number of esters is 1. The van der Waals surface area contributed by atoms with Crippen LogP contribution in [0.4, 0.5) is 5.69 Å². The first-order chi connectivity index (χ1) is 5.25. The molecule has 0 saturated heterocycles. The van der Waals surface area contributed by atoms with E-state index in [0.717, 1.165) is 0 Å². The monoisotopic (exact) mass is 175 g/mol. The standard InChI is InChI=1S/C8H9NO2.Na.H/c1-11-8(10)6-4-2-3-5-7(6)9;;/h2-5H,9H2,1H3;;. The fourth-order valence-electron chi connectivity index (χ4n) is 0.793. The molecule has 2 N–H and O–H groups in total. The Morgan fingerprint density at radius 1 is 1.42 bits per heavy atom. The number of anilines is 1. The van der Waals surface area contributed by atoms with E-state index in [4.69, 9.17) is 5.73 Å². The van der Waals surface area contributed by atoms with Gasteiger partial charge in [0.05, 0.1) is 12.7 Å². The molecule has 0 radical (unpaired) electrons. The summed E-state index contributed by atoms with van der Waals surface area (Å²) >= 11 is 0.